The fraction of sp³-hybridized carbons (Fsp3) is 0.500. The summed E-state index contributed by atoms with van der Waals surface area (Å²) in [5.41, 5.74) is 1.02. The molecule has 1 unspecified atom stereocenters. The first kappa shape index (κ1) is 25.6. The number of carbonyl (C=O) groups excluding carboxylic acids is 4. The van der Waals surface area contributed by atoms with Gasteiger partial charge in [0.15, 0.2) is 5.78 Å². The molecule has 1 saturated heterocycles. The zero-order valence-corrected chi connectivity index (χ0v) is 20.3. The van der Waals surface area contributed by atoms with Crippen LogP contribution in [0.1, 0.15) is 43.6 Å². The van der Waals surface area contributed by atoms with E-state index in [9.17, 15) is 19.2 Å². The largest absolute Gasteiger partial charge is 0.496 e. The fourth-order valence-electron chi connectivity index (χ4n) is 4.16. The number of fused-ring (bicyclic) bond motifs is 1. The van der Waals surface area contributed by atoms with Crippen LogP contribution in [0.2, 0.25) is 0 Å². The number of aromatic amines is 1. The Kier molecular flexibility index (Phi) is 8.55. The summed E-state index contributed by atoms with van der Waals surface area (Å²) < 4.78 is 5.34. The summed E-state index contributed by atoms with van der Waals surface area (Å²) in [6, 6.07) is 5.34. The van der Waals surface area contributed by atoms with E-state index in [1.54, 1.807) is 19.2 Å². The van der Waals surface area contributed by atoms with Gasteiger partial charge in [-0.25, -0.2) is 0 Å². The average Bonchev–Trinajstić information content (AvgIpc) is 3.43. The van der Waals surface area contributed by atoms with Gasteiger partial charge in [0.1, 0.15) is 17.5 Å². The van der Waals surface area contributed by atoms with Gasteiger partial charge in [0.05, 0.1) is 19.0 Å². The van der Waals surface area contributed by atoms with Crippen LogP contribution in [-0.4, -0.2) is 60.1 Å². The van der Waals surface area contributed by atoms with Gasteiger partial charge in [-0.3, -0.25) is 19.2 Å². The predicted octanol–water partition coefficient (Wildman–Crippen LogP) is 2.14. The molecule has 1 aromatic carbocycles. The summed E-state index contributed by atoms with van der Waals surface area (Å²) >= 11 is 5.76. The normalized spacial score (nSPS) is 17.3. The lowest BCUT2D eigenvalue weighted by molar-refractivity contribution is -0.129. The van der Waals surface area contributed by atoms with E-state index in [0.29, 0.717) is 25.1 Å². The minimum atomic E-state index is -0.900. The monoisotopic (exact) mass is 490 g/mol. The first-order chi connectivity index (χ1) is 16.2. The highest BCUT2D eigenvalue weighted by Gasteiger charge is 2.33. The van der Waals surface area contributed by atoms with Crippen molar-refractivity contribution in [1.29, 1.82) is 0 Å². The van der Waals surface area contributed by atoms with Gasteiger partial charge in [0.2, 0.25) is 11.8 Å². The molecule has 3 amide bonds. The number of carbonyl (C=O) groups is 4. The lowest BCUT2D eigenvalue weighted by Crippen LogP contribution is -2.53. The highest BCUT2D eigenvalue weighted by atomic mass is 35.5. The van der Waals surface area contributed by atoms with Crippen molar-refractivity contribution in [2.24, 2.45) is 11.8 Å². The molecule has 4 N–H and O–H groups in total. The number of aromatic nitrogens is 1. The van der Waals surface area contributed by atoms with E-state index in [1.165, 1.54) is 0 Å². The summed E-state index contributed by atoms with van der Waals surface area (Å²) in [7, 11) is 1.55. The summed E-state index contributed by atoms with van der Waals surface area (Å²) in [4.78, 5) is 53.6. The van der Waals surface area contributed by atoms with Crippen LogP contribution >= 0.6 is 11.6 Å². The number of amides is 3. The highest BCUT2D eigenvalue weighted by Crippen LogP contribution is 2.26. The maximum Gasteiger partial charge on any atom is 0.268 e. The van der Waals surface area contributed by atoms with Gasteiger partial charge in [-0.2, -0.15) is 0 Å². The van der Waals surface area contributed by atoms with Crippen LogP contribution in [0.4, 0.5) is 0 Å². The van der Waals surface area contributed by atoms with Crippen LogP contribution in [0.15, 0.2) is 24.3 Å². The van der Waals surface area contributed by atoms with Crippen molar-refractivity contribution in [3.05, 3.63) is 30.0 Å². The van der Waals surface area contributed by atoms with Crippen molar-refractivity contribution in [2.45, 2.75) is 45.2 Å². The fourth-order valence-corrected chi connectivity index (χ4v) is 4.34. The third kappa shape index (κ3) is 6.08. The molecule has 3 atom stereocenters. The summed E-state index contributed by atoms with van der Waals surface area (Å²) in [5, 5.41) is 8.99. The molecule has 0 radical (unpaired) electrons. The lowest BCUT2D eigenvalue weighted by atomic mass is 9.95. The van der Waals surface area contributed by atoms with E-state index in [2.05, 4.69) is 20.9 Å². The number of benzene rings is 1. The first-order valence-electron chi connectivity index (χ1n) is 11.4. The number of methoxy groups -OCH3 is 1. The summed E-state index contributed by atoms with van der Waals surface area (Å²) in [6.07, 6.45) is 1.14. The summed E-state index contributed by atoms with van der Waals surface area (Å²) in [5.74, 6) is -1.36. The van der Waals surface area contributed by atoms with Crippen molar-refractivity contribution in [1.82, 2.24) is 20.9 Å². The number of alkyl halides is 1. The Balaban J connectivity index is 1.75. The van der Waals surface area contributed by atoms with Crippen molar-refractivity contribution in [3.8, 4) is 5.75 Å². The molecular weight excluding hydrogens is 460 g/mol. The standard InChI is InChI=1S/C24H31ClN4O5/c1-13(2)9-18(23(32)28-17(20(30)12-25)10-14-7-8-26-22(14)31)29-24(33)19-11-15-16(27-19)5-4-6-21(15)34-3/h4-6,11,13-14,17-18,27H,7-10,12H2,1-3H3,(H,26,31)(H,28,32)(H,29,33)/t14-,17-,18?/m0/s1. The molecule has 0 spiro atoms. The Hall–Kier alpha value is -3.07. The smallest absolute Gasteiger partial charge is 0.268 e. The molecule has 1 aromatic heterocycles. The second kappa shape index (κ2) is 11.4. The number of hydrogen-bond acceptors (Lipinski definition) is 5. The van der Waals surface area contributed by atoms with E-state index >= 15 is 0 Å². The van der Waals surface area contributed by atoms with E-state index < -0.39 is 23.9 Å². The molecule has 9 nitrogen and oxygen atoms in total. The lowest BCUT2D eigenvalue weighted by Gasteiger charge is -2.24. The number of nitrogens with one attached hydrogen (secondary N) is 4. The Morgan fingerprint density at radius 3 is 2.59 bits per heavy atom. The number of ketones is 1. The minimum Gasteiger partial charge on any atom is -0.496 e. The number of Topliss-reactive ketones (excluding diaryl/α,β-unsaturated/α-hetero) is 1. The molecular formula is C24H31ClN4O5. The highest BCUT2D eigenvalue weighted by molar-refractivity contribution is 6.28. The molecule has 1 fully saturated rings. The molecule has 34 heavy (non-hydrogen) atoms. The molecule has 0 aliphatic carbocycles. The van der Waals surface area contributed by atoms with Crippen LogP contribution in [0, 0.1) is 11.8 Å². The number of ether oxygens (including phenoxy) is 1. The van der Waals surface area contributed by atoms with E-state index in [1.807, 2.05) is 26.0 Å². The zero-order valence-electron chi connectivity index (χ0n) is 19.6. The second-order valence-corrected chi connectivity index (χ2v) is 9.20. The third-order valence-electron chi connectivity index (χ3n) is 5.94. The van der Waals surface area contributed by atoms with Gasteiger partial charge in [-0.1, -0.05) is 19.9 Å². The van der Waals surface area contributed by atoms with Gasteiger partial charge < -0.3 is 25.7 Å². The number of hydrogen-bond donors (Lipinski definition) is 4. The number of halogens is 1. The molecule has 184 valence electrons. The topological polar surface area (TPSA) is 129 Å². The van der Waals surface area contributed by atoms with Crippen LogP contribution in [0.5, 0.6) is 5.75 Å². The summed E-state index contributed by atoms with van der Waals surface area (Å²) in [6.45, 7) is 4.41. The second-order valence-electron chi connectivity index (χ2n) is 8.93. The predicted molar refractivity (Wildman–Crippen MR) is 129 cm³/mol. The molecule has 10 heteroatoms. The minimum absolute atomic E-state index is 0.0987. The van der Waals surface area contributed by atoms with Crippen LogP contribution in [0.3, 0.4) is 0 Å². The molecule has 0 saturated carbocycles. The average molecular weight is 491 g/mol. The van der Waals surface area contributed by atoms with Crippen molar-refractivity contribution >= 4 is 46.0 Å². The molecule has 2 aromatic rings. The SMILES string of the molecule is COc1cccc2[nH]c(C(=O)NC(CC(C)C)C(=O)N[C@@H](C[C@@H]3CCNC3=O)C(=O)CCl)cc12. The van der Waals surface area contributed by atoms with Gasteiger partial charge in [0, 0.05) is 23.4 Å². The molecule has 1 aliphatic heterocycles. The van der Waals surface area contributed by atoms with Gasteiger partial charge in [-0.05, 0) is 43.4 Å². The maximum atomic E-state index is 13.2. The number of rotatable bonds is 11. The molecule has 3 rings (SSSR count). The number of H-pyrrole nitrogens is 1. The van der Waals surface area contributed by atoms with Gasteiger partial charge >= 0.3 is 0 Å². The first-order valence-corrected chi connectivity index (χ1v) is 11.9. The van der Waals surface area contributed by atoms with Gasteiger partial charge in [-0.15, -0.1) is 11.6 Å². The van der Waals surface area contributed by atoms with E-state index in [4.69, 9.17) is 16.3 Å². The molecule has 2 heterocycles. The maximum absolute atomic E-state index is 13.2. The van der Waals surface area contributed by atoms with Crippen molar-refractivity contribution in [3.63, 3.8) is 0 Å². The quantitative estimate of drug-likeness (QED) is 0.359. The van der Waals surface area contributed by atoms with Crippen molar-refractivity contribution < 1.29 is 23.9 Å². The van der Waals surface area contributed by atoms with E-state index in [-0.39, 0.29) is 41.5 Å². The zero-order chi connectivity index (χ0) is 24.8. The molecule has 0 bridgehead atoms. The van der Waals surface area contributed by atoms with Crippen molar-refractivity contribution in [2.75, 3.05) is 19.5 Å². The van der Waals surface area contributed by atoms with Gasteiger partial charge in [0.25, 0.3) is 5.91 Å². The van der Waals surface area contributed by atoms with Crippen LogP contribution in [-0.2, 0) is 14.4 Å². The Labute approximate surface area is 203 Å². The Morgan fingerprint density at radius 1 is 1.21 bits per heavy atom. The van der Waals surface area contributed by atoms with E-state index in [0.717, 1.165) is 10.9 Å². The Bertz CT molecular complexity index is 1070. The molecule has 1 aliphatic rings. The van der Waals surface area contributed by atoms with Crippen LogP contribution < -0.4 is 20.7 Å². The third-order valence-corrected chi connectivity index (χ3v) is 6.20. The Morgan fingerprint density at radius 2 is 1.97 bits per heavy atom. The van der Waals surface area contributed by atoms with Crippen LogP contribution in [0.25, 0.3) is 10.9 Å².